The Morgan fingerprint density at radius 3 is 3.00 bits per heavy atom. The molecular weight excluding hydrogens is 290 g/mol. The van der Waals surface area contributed by atoms with Crippen LogP contribution in [0.25, 0.3) is 0 Å². The number of nitrogens with zero attached hydrogens (tertiary/aromatic N) is 2. The zero-order valence-corrected chi connectivity index (χ0v) is 12.1. The molecule has 21 heavy (non-hydrogen) atoms. The molecule has 110 valence electrons. The van der Waals surface area contributed by atoms with Crippen LogP contribution >= 0.6 is 11.3 Å². The van der Waals surface area contributed by atoms with Crippen molar-refractivity contribution in [1.29, 1.82) is 0 Å². The van der Waals surface area contributed by atoms with Crippen LogP contribution in [0.5, 0.6) is 5.75 Å². The van der Waals surface area contributed by atoms with Gasteiger partial charge in [0.15, 0.2) is 0 Å². The van der Waals surface area contributed by atoms with Crippen LogP contribution in [0.15, 0.2) is 29.8 Å². The first-order valence-electron chi connectivity index (χ1n) is 6.74. The first kappa shape index (κ1) is 14.0. The second-order valence-corrected chi connectivity index (χ2v) is 5.90. The van der Waals surface area contributed by atoms with Gasteiger partial charge in [-0.15, -0.1) is 11.3 Å². The highest BCUT2D eigenvalue weighted by atomic mass is 32.1. The molecule has 0 aliphatic heterocycles. The third kappa shape index (κ3) is 3.77. The molecule has 0 atom stereocenters. The molecule has 1 aliphatic rings. The Kier molecular flexibility index (Phi) is 4.12. The van der Waals surface area contributed by atoms with Crippen LogP contribution in [0.4, 0.5) is 5.69 Å². The average molecular weight is 305 g/mol. The minimum Gasteiger partial charge on any atom is -0.486 e. The van der Waals surface area contributed by atoms with E-state index in [0.29, 0.717) is 24.9 Å². The fourth-order valence-electron chi connectivity index (χ4n) is 1.96. The lowest BCUT2D eigenvalue weighted by Gasteiger charge is -2.11. The number of rotatable bonds is 7. The largest absolute Gasteiger partial charge is 0.486 e. The molecule has 0 unspecified atom stereocenters. The molecule has 6 nitrogen and oxygen atoms in total. The number of nitro benzene ring substituents is 1. The zero-order chi connectivity index (χ0) is 14.7. The van der Waals surface area contributed by atoms with Crippen LogP contribution in [0.2, 0.25) is 0 Å². The second-order valence-electron chi connectivity index (χ2n) is 4.92. The van der Waals surface area contributed by atoms with Crippen LogP contribution < -0.4 is 10.1 Å². The van der Waals surface area contributed by atoms with Gasteiger partial charge in [-0.1, -0.05) is 0 Å². The molecule has 0 bridgehead atoms. The zero-order valence-electron chi connectivity index (χ0n) is 11.3. The van der Waals surface area contributed by atoms with E-state index in [9.17, 15) is 10.1 Å². The van der Waals surface area contributed by atoms with Crippen molar-refractivity contribution in [2.75, 3.05) is 0 Å². The summed E-state index contributed by atoms with van der Waals surface area (Å²) in [5.74, 6) is 0.670. The van der Waals surface area contributed by atoms with E-state index in [1.54, 1.807) is 18.3 Å². The van der Waals surface area contributed by atoms with Crippen LogP contribution in [-0.2, 0) is 13.2 Å². The van der Waals surface area contributed by atoms with E-state index in [0.717, 1.165) is 10.6 Å². The van der Waals surface area contributed by atoms with Gasteiger partial charge in [0.2, 0.25) is 0 Å². The Morgan fingerprint density at radius 1 is 1.48 bits per heavy atom. The van der Waals surface area contributed by atoms with E-state index in [1.165, 1.54) is 30.2 Å². The van der Waals surface area contributed by atoms with Crippen molar-refractivity contribution in [2.45, 2.75) is 32.0 Å². The van der Waals surface area contributed by atoms with Gasteiger partial charge in [-0.25, -0.2) is 4.98 Å². The summed E-state index contributed by atoms with van der Waals surface area (Å²) in [6.45, 7) is 0.964. The number of hydrogen-bond donors (Lipinski definition) is 1. The Morgan fingerprint density at radius 2 is 2.33 bits per heavy atom. The molecular formula is C14H15N3O3S. The van der Waals surface area contributed by atoms with Gasteiger partial charge >= 0.3 is 0 Å². The number of benzene rings is 1. The first-order chi connectivity index (χ1) is 10.2. The summed E-state index contributed by atoms with van der Waals surface area (Å²) in [5.41, 5.74) is 0.900. The molecule has 1 aromatic heterocycles. The molecule has 3 rings (SSSR count). The summed E-state index contributed by atoms with van der Waals surface area (Å²) >= 11 is 1.52. The molecule has 1 N–H and O–H groups in total. The van der Waals surface area contributed by atoms with Crippen molar-refractivity contribution in [2.24, 2.45) is 0 Å². The SMILES string of the molecule is O=[N+]([O-])c1ccc(OCc2nccs2)c(CNC2CC2)c1. The number of non-ortho nitro benzene ring substituents is 1. The van der Waals surface area contributed by atoms with Crippen molar-refractivity contribution in [3.8, 4) is 5.75 Å². The summed E-state index contributed by atoms with van der Waals surface area (Å²) in [7, 11) is 0. The third-order valence-electron chi connectivity index (χ3n) is 3.25. The van der Waals surface area contributed by atoms with Gasteiger partial charge < -0.3 is 10.1 Å². The van der Waals surface area contributed by atoms with Crippen LogP contribution in [0.3, 0.4) is 0 Å². The lowest BCUT2D eigenvalue weighted by molar-refractivity contribution is -0.384. The fraction of sp³-hybridized carbons (Fsp3) is 0.357. The molecule has 0 radical (unpaired) electrons. The molecule has 7 heteroatoms. The lowest BCUT2D eigenvalue weighted by atomic mass is 10.1. The number of thiazole rings is 1. The van der Waals surface area contributed by atoms with Gasteiger partial charge in [0.1, 0.15) is 17.4 Å². The minimum absolute atomic E-state index is 0.0872. The maximum absolute atomic E-state index is 10.9. The number of nitro groups is 1. The molecule has 0 spiro atoms. The van der Waals surface area contributed by atoms with E-state index >= 15 is 0 Å². The predicted molar refractivity (Wildman–Crippen MR) is 79.4 cm³/mol. The van der Waals surface area contributed by atoms with Gasteiger partial charge in [0.25, 0.3) is 5.69 Å². The van der Waals surface area contributed by atoms with E-state index in [2.05, 4.69) is 10.3 Å². The monoisotopic (exact) mass is 305 g/mol. The van der Waals surface area contributed by atoms with E-state index < -0.39 is 0 Å². The molecule has 1 aliphatic carbocycles. The molecule has 1 heterocycles. The maximum Gasteiger partial charge on any atom is 0.270 e. The van der Waals surface area contributed by atoms with E-state index in [1.807, 2.05) is 5.38 Å². The Balaban J connectivity index is 1.73. The molecule has 1 aromatic carbocycles. The predicted octanol–water partition coefficient (Wildman–Crippen LogP) is 2.88. The normalized spacial score (nSPS) is 14.1. The smallest absolute Gasteiger partial charge is 0.270 e. The van der Waals surface area contributed by atoms with Crippen LogP contribution in [-0.4, -0.2) is 15.9 Å². The summed E-state index contributed by atoms with van der Waals surface area (Å²) in [6.07, 6.45) is 4.07. The van der Waals surface area contributed by atoms with Crippen LogP contribution in [0.1, 0.15) is 23.4 Å². The Labute approximate surface area is 125 Å². The van der Waals surface area contributed by atoms with Gasteiger partial charge in [-0.05, 0) is 18.9 Å². The highest BCUT2D eigenvalue weighted by Crippen LogP contribution is 2.27. The standard InChI is InChI=1S/C14H15N3O3S/c18-17(19)12-3-4-13(20-9-14-15-5-6-21-14)10(7-12)8-16-11-1-2-11/h3-7,11,16H,1-2,8-9H2. The van der Waals surface area contributed by atoms with Crippen molar-refractivity contribution in [3.05, 3.63) is 50.5 Å². The summed E-state index contributed by atoms with van der Waals surface area (Å²) < 4.78 is 5.75. The number of aromatic nitrogens is 1. The second kappa shape index (κ2) is 6.19. The molecule has 2 aromatic rings. The maximum atomic E-state index is 10.9. The number of nitrogens with one attached hydrogen (secondary N) is 1. The fourth-order valence-corrected chi connectivity index (χ4v) is 2.49. The van der Waals surface area contributed by atoms with E-state index in [4.69, 9.17) is 4.74 Å². The van der Waals surface area contributed by atoms with E-state index in [-0.39, 0.29) is 10.6 Å². The van der Waals surface area contributed by atoms with Crippen molar-refractivity contribution < 1.29 is 9.66 Å². The number of ether oxygens (including phenoxy) is 1. The highest BCUT2D eigenvalue weighted by Gasteiger charge is 2.21. The van der Waals surface area contributed by atoms with Gasteiger partial charge in [0.05, 0.1) is 4.92 Å². The summed E-state index contributed by atoms with van der Waals surface area (Å²) in [6, 6.07) is 5.25. The molecule has 1 fully saturated rings. The Hall–Kier alpha value is -1.99. The number of hydrogen-bond acceptors (Lipinski definition) is 6. The Bertz CT molecular complexity index is 626. The minimum atomic E-state index is -0.384. The van der Waals surface area contributed by atoms with Gasteiger partial charge in [-0.2, -0.15) is 0 Å². The molecule has 1 saturated carbocycles. The highest BCUT2D eigenvalue weighted by molar-refractivity contribution is 7.09. The average Bonchev–Trinajstić information content (AvgIpc) is 3.17. The topological polar surface area (TPSA) is 77.3 Å². The van der Waals surface area contributed by atoms with Gasteiger partial charge in [0, 0.05) is 41.9 Å². The van der Waals surface area contributed by atoms with Gasteiger partial charge in [-0.3, -0.25) is 10.1 Å². The molecule has 0 amide bonds. The van der Waals surface area contributed by atoms with Crippen LogP contribution in [0, 0.1) is 10.1 Å². The molecule has 0 saturated heterocycles. The summed E-state index contributed by atoms with van der Waals surface area (Å²) in [4.78, 5) is 14.7. The van der Waals surface area contributed by atoms with Crippen molar-refractivity contribution in [1.82, 2.24) is 10.3 Å². The first-order valence-corrected chi connectivity index (χ1v) is 7.62. The van der Waals surface area contributed by atoms with Crippen molar-refractivity contribution >= 4 is 17.0 Å². The third-order valence-corrected chi connectivity index (χ3v) is 4.00. The summed E-state index contributed by atoms with van der Waals surface area (Å²) in [5, 5.41) is 17.0. The quantitative estimate of drug-likeness (QED) is 0.628. The lowest BCUT2D eigenvalue weighted by Crippen LogP contribution is -2.16. The van der Waals surface area contributed by atoms with Crippen molar-refractivity contribution in [3.63, 3.8) is 0 Å².